The van der Waals surface area contributed by atoms with Crippen molar-refractivity contribution >= 4 is 36.5 Å². The minimum atomic E-state index is -0.640. The largest absolute Gasteiger partial charge is 0.444 e. The molecule has 1 atom stereocenters. The summed E-state index contributed by atoms with van der Waals surface area (Å²) in [5.41, 5.74) is 5.90. The van der Waals surface area contributed by atoms with Crippen molar-refractivity contribution in [2.24, 2.45) is 16.8 Å². The highest BCUT2D eigenvalue weighted by atomic mass is 32.3. The van der Waals surface area contributed by atoms with Gasteiger partial charge in [0.2, 0.25) is 0 Å². The van der Waals surface area contributed by atoms with Crippen molar-refractivity contribution in [2.75, 3.05) is 26.7 Å². The topological polar surface area (TPSA) is 89.7 Å². The van der Waals surface area contributed by atoms with Gasteiger partial charge in [0, 0.05) is 49.9 Å². The highest BCUT2D eigenvalue weighted by Gasteiger charge is 2.40. The van der Waals surface area contributed by atoms with E-state index in [2.05, 4.69) is 17.3 Å². The number of nitrogens with zero attached hydrogens (tertiary/aromatic N) is 5. The number of ether oxygens (including phenoxy) is 1. The zero-order valence-electron chi connectivity index (χ0n) is 25.8. The van der Waals surface area contributed by atoms with Gasteiger partial charge in [0.05, 0.1) is 11.3 Å². The second kappa shape index (κ2) is 15.5. The number of benzene rings is 1. The van der Waals surface area contributed by atoms with Gasteiger partial charge in [-0.1, -0.05) is 43.9 Å². The summed E-state index contributed by atoms with van der Waals surface area (Å²) in [5.74, 6) is 12.6. The predicted octanol–water partition coefficient (Wildman–Crippen LogP) is 6.49. The number of likely N-dealkylation sites (tertiary alicyclic amines) is 1. The maximum absolute atomic E-state index is 14.2. The molecule has 4 rings (SSSR count). The van der Waals surface area contributed by atoms with E-state index in [9.17, 15) is 12.6 Å². The molecule has 234 valence electrons. The van der Waals surface area contributed by atoms with Gasteiger partial charge in [-0.3, -0.25) is 0 Å². The first-order valence-corrected chi connectivity index (χ1v) is 15.6. The highest BCUT2D eigenvalue weighted by Crippen LogP contribution is 2.41. The van der Waals surface area contributed by atoms with Crippen molar-refractivity contribution < 1.29 is 17.3 Å². The van der Waals surface area contributed by atoms with Crippen molar-refractivity contribution in [1.82, 2.24) is 24.1 Å². The van der Waals surface area contributed by atoms with E-state index in [0.29, 0.717) is 49.6 Å². The summed E-state index contributed by atoms with van der Waals surface area (Å²) in [6, 6.07) is 9.35. The Morgan fingerprint density at radius 2 is 1.88 bits per heavy atom. The summed E-state index contributed by atoms with van der Waals surface area (Å²) in [4.78, 5) is 19.7. The minimum absolute atomic E-state index is 0.173. The van der Waals surface area contributed by atoms with Crippen LogP contribution >= 0.6 is 24.7 Å². The third-order valence-corrected chi connectivity index (χ3v) is 7.49. The van der Waals surface area contributed by atoms with Crippen LogP contribution < -0.4 is 11.3 Å². The number of nitrogens with two attached hydrogens (primary N) is 1. The van der Waals surface area contributed by atoms with Crippen LogP contribution in [0.2, 0.25) is 0 Å². The molecule has 1 saturated heterocycles. The zero-order valence-corrected chi connectivity index (χ0v) is 27.4. The number of hydrogen-bond acceptors (Lipinski definition) is 10. The number of allylic oxidation sites excluding steroid dienone is 1. The van der Waals surface area contributed by atoms with E-state index in [4.69, 9.17) is 15.6 Å². The quantitative estimate of drug-likeness (QED) is 0.158. The van der Waals surface area contributed by atoms with Gasteiger partial charge in [-0.2, -0.15) is 3.71 Å². The lowest BCUT2D eigenvalue weighted by molar-refractivity contribution is 0.0194. The summed E-state index contributed by atoms with van der Waals surface area (Å²) in [5, 5.41) is 3.00. The maximum atomic E-state index is 14.2. The smallest absolute Gasteiger partial charge is 0.410 e. The first-order chi connectivity index (χ1) is 20.5. The number of fused-ring (bicyclic) bond motifs is 1. The molecule has 3 aliphatic heterocycles. The molecule has 1 fully saturated rings. The maximum Gasteiger partial charge on any atom is 0.410 e. The molecular formula is C30H41F2N7O2S2. The predicted molar refractivity (Wildman–Crippen MR) is 171 cm³/mol. The number of piperidine rings is 1. The average Bonchev–Trinajstić information content (AvgIpc) is 3.41. The molecule has 3 aliphatic rings. The van der Waals surface area contributed by atoms with Gasteiger partial charge in [0.1, 0.15) is 5.60 Å². The Morgan fingerprint density at radius 3 is 2.49 bits per heavy atom. The van der Waals surface area contributed by atoms with Crippen LogP contribution in [0.1, 0.15) is 59.9 Å². The molecule has 43 heavy (non-hydrogen) atoms. The van der Waals surface area contributed by atoms with E-state index < -0.39 is 11.7 Å². The van der Waals surface area contributed by atoms with E-state index in [1.165, 1.54) is 5.01 Å². The Balaban J connectivity index is 0.00000248. The number of rotatable bonds is 6. The van der Waals surface area contributed by atoms with Gasteiger partial charge in [0.15, 0.2) is 36.3 Å². The van der Waals surface area contributed by atoms with Gasteiger partial charge in [-0.25, -0.2) is 26.1 Å². The van der Waals surface area contributed by atoms with E-state index in [1.807, 2.05) is 71.9 Å². The Labute approximate surface area is 263 Å². The number of aliphatic imine (C=N–C) groups is 1. The number of nitrogens with one attached hydrogen (secondary N) is 1. The molecule has 0 saturated carbocycles. The number of carbonyl (C=O) groups excluding carboxylic acids is 1. The second-order valence-corrected chi connectivity index (χ2v) is 12.2. The molecule has 1 amide bonds. The first kappa shape index (κ1) is 34.3. The molecule has 9 nitrogen and oxygen atoms in total. The number of hydrazine groups is 2. The minimum Gasteiger partial charge on any atom is -0.444 e. The highest BCUT2D eigenvalue weighted by molar-refractivity contribution is 8.07. The molecule has 1 aromatic carbocycles. The molecule has 1 unspecified atom stereocenters. The fourth-order valence-corrected chi connectivity index (χ4v) is 5.41. The van der Waals surface area contributed by atoms with Gasteiger partial charge < -0.3 is 14.6 Å². The van der Waals surface area contributed by atoms with E-state index >= 15 is 0 Å². The average molecular weight is 634 g/mol. The van der Waals surface area contributed by atoms with Gasteiger partial charge in [0.25, 0.3) is 0 Å². The van der Waals surface area contributed by atoms with Gasteiger partial charge in [-0.15, -0.1) is 7.77 Å². The Morgan fingerprint density at radius 1 is 1.21 bits per heavy atom. The van der Waals surface area contributed by atoms with E-state index in [-0.39, 0.29) is 36.4 Å². The lowest BCUT2D eigenvalue weighted by Gasteiger charge is -2.38. The van der Waals surface area contributed by atoms with Crippen LogP contribution in [0.4, 0.5) is 12.6 Å². The van der Waals surface area contributed by atoms with Gasteiger partial charge in [-0.05, 0) is 58.2 Å². The van der Waals surface area contributed by atoms with Crippen molar-refractivity contribution in [3.63, 3.8) is 0 Å². The molecule has 1 aromatic rings. The summed E-state index contributed by atoms with van der Waals surface area (Å²) in [6.07, 6.45) is 2.77. The number of halogens is 2. The first-order valence-electron chi connectivity index (χ1n) is 14.2. The lowest BCUT2D eigenvalue weighted by atomic mass is 9.88. The van der Waals surface area contributed by atoms with Crippen LogP contribution in [0, 0.1) is 17.8 Å². The lowest BCUT2D eigenvalue weighted by Crippen LogP contribution is -2.46. The summed E-state index contributed by atoms with van der Waals surface area (Å²) < 4.78 is 34.9. The van der Waals surface area contributed by atoms with Crippen molar-refractivity contribution in [1.29, 1.82) is 0 Å². The molecular weight excluding hydrogens is 593 g/mol. The monoisotopic (exact) mass is 633 g/mol. The Hall–Kier alpha value is -3.18. The standard InChI is InChI=1S/C28H35F2N7O2S2.C2H6/c1-19(17-34(5)31)23-16-32-36-25(23)33-24(21-12-9-15-35(18-21)27(38)39-28(2,3)4)22(26(36)37(40-29)41-30)14-13-20-10-7-6-8-11-20;1-2/h6-8,10-11,17,21,32H,9,12,15-16,18,31H2,1-5H3;1-2H3/b19-17+;. The van der Waals surface area contributed by atoms with Crippen molar-refractivity contribution in [3.8, 4) is 11.8 Å². The zero-order chi connectivity index (χ0) is 31.7. The number of hydrogen-bond donors (Lipinski definition) is 2. The molecule has 0 aliphatic carbocycles. The Kier molecular flexibility index (Phi) is 12.4. The summed E-state index contributed by atoms with van der Waals surface area (Å²) >= 11 is -0.519. The second-order valence-electron chi connectivity index (χ2n) is 10.9. The molecule has 0 radical (unpaired) electrons. The van der Waals surface area contributed by atoms with E-state index in [1.54, 1.807) is 23.2 Å². The Bertz CT molecular complexity index is 1330. The molecule has 0 bridgehead atoms. The number of amides is 1. The van der Waals surface area contributed by atoms with Crippen LogP contribution in [0.5, 0.6) is 0 Å². The van der Waals surface area contributed by atoms with Crippen LogP contribution in [0.25, 0.3) is 0 Å². The van der Waals surface area contributed by atoms with Crippen LogP contribution in [-0.2, 0) is 4.74 Å². The van der Waals surface area contributed by atoms with Crippen LogP contribution in [0.3, 0.4) is 0 Å². The normalized spacial score (nSPS) is 18.7. The molecule has 0 aromatic heterocycles. The van der Waals surface area contributed by atoms with Crippen LogP contribution in [0.15, 0.2) is 69.9 Å². The summed E-state index contributed by atoms with van der Waals surface area (Å²) in [7, 11) is 1.71. The number of carbonyl (C=O) groups is 1. The fraction of sp³-hybridized carbons (Fsp3) is 0.467. The molecule has 13 heteroatoms. The third kappa shape index (κ3) is 8.69. The molecule has 0 spiro atoms. The van der Waals surface area contributed by atoms with Crippen molar-refractivity contribution in [2.45, 2.75) is 60.0 Å². The third-order valence-electron chi connectivity index (χ3n) is 6.55. The fourth-order valence-electron chi connectivity index (χ4n) is 4.85. The summed E-state index contributed by atoms with van der Waals surface area (Å²) in [6.45, 7) is 12.6. The van der Waals surface area contributed by atoms with E-state index in [0.717, 1.165) is 20.4 Å². The molecule has 3 N–H and O–H groups in total. The SMILES string of the molecule is C/C(=C\N(C)N)C1=C2N=C(C3CCCN(C(=O)OC(C)(C)C)C3)C(C#Cc3ccccc3)=C(N(SF)SF)N2NC1.CC. The van der Waals surface area contributed by atoms with Crippen LogP contribution in [-0.4, -0.2) is 62.7 Å². The molecule has 3 heterocycles. The van der Waals surface area contributed by atoms with Crippen molar-refractivity contribution in [3.05, 3.63) is 70.5 Å². The van der Waals surface area contributed by atoms with Gasteiger partial charge >= 0.3 is 6.09 Å².